The number of nitrogens with one attached hydrogen (secondary N) is 2. The van der Waals surface area contributed by atoms with Gasteiger partial charge in [0.2, 0.25) is 0 Å². The molecule has 0 aromatic heterocycles. The Balaban J connectivity index is 1.83. The quantitative estimate of drug-likeness (QED) is 0.113. The van der Waals surface area contributed by atoms with Gasteiger partial charge in [-0.1, -0.05) is 58.0 Å². The normalized spacial score (nSPS) is 42.2. The molecule has 3 heterocycles. The van der Waals surface area contributed by atoms with E-state index in [2.05, 4.69) is 10.6 Å². The minimum absolute atomic E-state index is 0.0182. The number of aliphatic hydroxyl groups is 4. The molecular formula is C49H85N3O14. The third kappa shape index (κ3) is 13.4. The van der Waals surface area contributed by atoms with Crippen LogP contribution in [0.4, 0.5) is 4.79 Å². The summed E-state index contributed by atoms with van der Waals surface area (Å²) in [7, 11) is 5.27. The summed E-state index contributed by atoms with van der Waals surface area (Å²) in [5.41, 5.74) is -5.40. The van der Waals surface area contributed by atoms with Gasteiger partial charge < -0.3 is 73.9 Å². The van der Waals surface area contributed by atoms with Crippen LogP contribution in [0.5, 0.6) is 0 Å². The Hall–Kier alpha value is -2.52. The van der Waals surface area contributed by atoms with Gasteiger partial charge in [0.1, 0.15) is 35.6 Å². The molecular weight excluding hydrogens is 855 g/mol. The minimum atomic E-state index is -1.85. The van der Waals surface area contributed by atoms with Crippen molar-refractivity contribution < 1.29 is 67.9 Å². The third-order valence-electron chi connectivity index (χ3n) is 14.4. The summed E-state index contributed by atoms with van der Waals surface area (Å²) in [6, 6.07) is 8.21. The summed E-state index contributed by atoms with van der Waals surface area (Å²) in [4.78, 5) is 30.0. The zero-order chi connectivity index (χ0) is 49.4. The SMILES string of the molecule is CCCNC[C@]1(O)[C@H](C)O[C@@H](O[C@@H]2[C@H](C)[C@@H](O[C@@H]3O[C@H](C)C[C@H](N(C)C)[C@H]3OC(=O)OCc3ccccc3)[C@](C)(O)C[C@@H](C)CN[C@H](C)[C@@H](O)[C@](C)(O)[C@@H](CC)OC(=O)[C@@H]2C)C[C@@]1(C)OC. The number of methoxy groups -OCH3 is 1. The smallest absolute Gasteiger partial charge is 0.459 e. The molecule has 3 aliphatic heterocycles. The highest BCUT2D eigenvalue weighted by atomic mass is 16.8. The van der Waals surface area contributed by atoms with Gasteiger partial charge in [-0.2, -0.15) is 0 Å². The van der Waals surface area contributed by atoms with Gasteiger partial charge in [-0.15, -0.1) is 0 Å². The lowest BCUT2D eigenvalue weighted by molar-refractivity contribution is -0.336. The molecule has 1 aromatic carbocycles. The maximum Gasteiger partial charge on any atom is 0.509 e. The fourth-order valence-corrected chi connectivity index (χ4v) is 10.2. The van der Waals surface area contributed by atoms with Crippen LogP contribution in [0.3, 0.4) is 0 Å². The largest absolute Gasteiger partial charge is 0.509 e. The van der Waals surface area contributed by atoms with Gasteiger partial charge in [0.05, 0.1) is 42.0 Å². The maximum absolute atomic E-state index is 14.6. The molecule has 17 nitrogen and oxygen atoms in total. The first kappa shape index (κ1) is 56.1. The van der Waals surface area contributed by atoms with E-state index in [4.69, 9.17) is 37.9 Å². The van der Waals surface area contributed by atoms with Crippen LogP contribution in [0, 0.1) is 17.8 Å². The molecule has 380 valence electrons. The number of ether oxygens (including phenoxy) is 8. The van der Waals surface area contributed by atoms with E-state index in [1.807, 2.05) is 70.1 Å². The minimum Gasteiger partial charge on any atom is -0.459 e. The first-order chi connectivity index (χ1) is 30.8. The van der Waals surface area contributed by atoms with Gasteiger partial charge in [-0.25, -0.2) is 4.79 Å². The molecule has 4 rings (SSSR count). The highest BCUT2D eigenvalue weighted by Crippen LogP contribution is 2.43. The fraction of sp³-hybridized carbons (Fsp3) is 0.837. The third-order valence-corrected chi connectivity index (χ3v) is 14.4. The molecule has 3 aliphatic rings. The Morgan fingerprint density at radius 1 is 0.955 bits per heavy atom. The predicted octanol–water partition coefficient (Wildman–Crippen LogP) is 4.29. The molecule has 6 N–H and O–H groups in total. The molecule has 0 saturated carbocycles. The fourth-order valence-electron chi connectivity index (χ4n) is 10.2. The number of hydrogen-bond donors (Lipinski definition) is 6. The number of aliphatic hydroxyl groups excluding tert-OH is 1. The van der Waals surface area contributed by atoms with E-state index in [-0.39, 0.29) is 44.4 Å². The van der Waals surface area contributed by atoms with Crippen LogP contribution in [0.25, 0.3) is 0 Å². The number of rotatable bonds is 14. The van der Waals surface area contributed by atoms with Gasteiger partial charge in [0, 0.05) is 32.0 Å². The zero-order valence-electron chi connectivity index (χ0n) is 42.2. The summed E-state index contributed by atoms with van der Waals surface area (Å²) >= 11 is 0. The monoisotopic (exact) mass is 940 g/mol. The number of benzene rings is 1. The second kappa shape index (κ2) is 23.9. The van der Waals surface area contributed by atoms with Gasteiger partial charge >= 0.3 is 12.1 Å². The highest BCUT2D eigenvalue weighted by Gasteiger charge is 2.58. The van der Waals surface area contributed by atoms with Crippen molar-refractivity contribution in [3.8, 4) is 0 Å². The summed E-state index contributed by atoms with van der Waals surface area (Å²) in [6.45, 7) is 20.7. The van der Waals surface area contributed by atoms with E-state index in [0.717, 1.165) is 12.0 Å². The van der Waals surface area contributed by atoms with Crippen molar-refractivity contribution in [2.24, 2.45) is 17.8 Å². The lowest BCUT2D eigenvalue weighted by Crippen LogP contribution is -2.70. The summed E-state index contributed by atoms with van der Waals surface area (Å²) in [5, 5.41) is 55.0. The second-order valence-electron chi connectivity index (χ2n) is 20.3. The van der Waals surface area contributed by atoms with Crippen molar-refractivity contribution in [1.82, 2.24) is 15.5 Å². The highest BCUT2D eigenvalue weighted by molar-refractivity contribution is 5.73. The predicted molar refractivity (Wildman–Crippen MR) is 247 cm³/mol. The van der Waals surface area contributed by atoms with E-state index in [9.17, 15) is 30.0 Å². The lowest BCUT2D eigenvalue weighted by atomic mass is 9.75. The van der Waals surface area contributed by atoms with Crippen molar-refractivity contribution in [1.29, 1.82) is 0 Å². The molecule has 3 fully saturated rings. The number of carbonyl (C=O) groups is 2. The van der Waals surface area contributed by atoms with Crippen LogP contribution in [0.15, 0.2) is 30.3 Å². The van der Waals surface area contributed by atoms with Crippen molar-refractivity contribution in [2.45, 2.75) is 205 Å². The van der Waals surface area contributed by atoms with E-state index in [0.29, 0.717) is 19.5 Å². The van der Waals surface area contributed by atoms with Crippen LogP contribution >= 0.6 is 0 Å². The van der Waals surface area contributed by atoms with E-state index in [1.54, 1.807) is 48.5 Å². The first-order valence-electron chi connectivity index (χ1n) is 24.1. The van der Waals surface area contributed by atoms with Crippen LogP contribution in [0.2, 0.25) is 0 Å². The molecule has 66 heavy (non-hydrogen) atoms. The van der Waals surface area contributed by atoms with Crippen LogP contribution in [-0.2, 0) is 49.3 Å². The lowest BCUT2D eigenvalue weighted by Gasteiger charge is -2.53. The maximum atomic E-state index is 14.6. The number of nitrogens with zero attached hydrogens (tertiary/aromatic N) is 1. The molecule has 1 aromatic rings. The molecule has 0 bridgehead atoms. The van der Waals surface area contributed by atoms with Crippen LogP contribution in [0.1, 0.15) is 114 Å². The number of likely N-dealkylation sites (N-methyl/N-ethyl adjacent to an activating group) is 1. The van der Waals surface area contributed by atoms with Gasteiger partial charge in [-0.3, -0.25) is 4.79 Å². The molecule has 0 radical (unpaired) electrons. The Kier molecular flexibility index (Phi) is 20.3. The molecule has 0 aliphatic carbocycles. The first-order valence-corrected chi connectivity index (χ1v) is 24.1. The molecule has 17 heteroatoms. The van der Waals surface area contributed by atoms with E-state index < -0.39 is 108 Å². The number of esters is 1. The van der Waals surface area contributed by atoms with E-state index >= 15 is 0 Å². The summed E-state index contributed by atoms with van der Waals surface area (Å²) < 4.78 is 50.8. The number of cyclic esters (lactones) is 1. The second-order valence-corrected chi connectivity index (χ2v) is 20.3. The van der Waals surface area contributed by atoms with Crippen molar-refractivity contribution >= 4 is 12.1 Å². The van der Waals surface area contributed by atoms with Crippen LogP contribution < -0.4 is 10.6 Å². The Morgan fingerprint density at radius 3 is 2.23 bits per heavy atom. The summed E-state index contributed by atoms with van der Waals surface area (Å²) in [5.74, 6) is -2.92. The summed E-state index contributed by atoms with van der Waals surface area (Å²) in [6.07, 6.45) is -8.42. The Morgan fingerprint density at radius 2 is 1.62 bits per heavy atom. The van der Waals surface area contributed by atoms with Crippen molar-refractivity contribution in [3.63, 3.8) is 0 Å². The van der Waals surface area contributed by atoms with Gasteiger partial charge in [0.15, 0.2) is 18.7 Å². The van der Waals surface area contributed by atoms with E-state index in [1.165, 1.54) is 14.0 Å². The molecule has 0 spiro atoms. The Bertz CT molecular complexity index is 1660. The topological polar surface area (TPSA) is 216 Å². The molecule has 18 atom stereocenters. The van der Waals surface area contributed by atoms with Gasteiger partial charge in [-0.05, 0) is 113 Å². The van der Waals surface area contributed by atoms with Crippen LogP contribution in [-0.4, -0.2) is 168 Å². The average molecular weight is 940 g/mol. The van der Waals surface area contributed by atoms with Gasteiger partial charge in [0.25, 0.3) is 0 Å². The molecule has 3 saturated heterocycles. The van der Waals surface area contributed by atoms with Crippen molar-refractivity contribution in [2.75, 3.05) is 40.8 Å². The average Bonchev–Trinajstić information content (AvgIpc) is 3.26. The zero-order valence-corrected chi connectivity index (χ0v) is 42.2. The molecule has 0 unspecified atom stereocenters. The number of carbonyl (C=O) groups excluding carboxylic acids is 2. The molecule has 0 amide bonds. The standard InChI is InChI=1S/C49H85N3O14/c1-15-22-50-28-49(58)34(8)62-38(25-47(49,10)59-14)64-39-31(5)42(46(9,56)24-29(3)26-51-33(7)41(53)48(11,57)37(16-2)63-43(54)32(39)6)66-44-40(36(52(12)13)23-30(4)61-44)65-45(55)60-27-35-20-18-17-19-21-35/h17-21,29-34,36-42,44,50-51,53,56-58H,15-16,22-28H2,1-14H3/t29-,30-,31+,32-,33-,34+,36+,37-,38+,39-,40-,41-,42-,44+,46-,47-,48-,49+/m1/s1. The number of hydrogen-bond acceptors (Lipinski definition) is 17. The van der Waals surface area contributed by atoms with Crippen molar-refractivity contribution in [3.05, 3.63) is 35.9 Å². The Labute approximate surface area is 393 Å².